The summed E-state index contributed by atoms with van der Waals surface area (Å²) in [5.74, 6) is 1.42. The normalized spacial score (nSPS) is 11.4. The number of aromatic nitrogens is 3. The number of benzene rings is 2. The standard InChI is InChI=1S/C16H16BrN3S/c1-10(2)9-20-15(18-19-16(20)21)13-4-3-12-8-14(17)6-5-11(12)7-13/h3-8,10H,9H2,1-2H3,(H,19,21). The minimum atomic E-state index is 0.518. The molecule has 3 aromatic rings. The molecule has 0 aliphatic heterocycles. The molecule has 108 valence electrons. The highest BCUT2D eigenvalue weighted by Gasteiger charge is 2.10. The van der Waals surface area contributed by atoms with Gasteiger partial charge in [0.25, 0.3) is 0 Å². The highest BCUT2D eigenvalue weighted by atomic mass is 79.9. The third-order valence-electron chi connectivity index (χ3n) is 3.37. The Kier molecular flexibility index (Phi) is 3.95. The van der Waals surface area contributed by atoms with Gasteiger partial charge < -0.3 is 0 Å². The van der Waals surface area contributed by atoms with Gasteiger partial charge in [-0.3, -0.25) is 9.67 Å². The zero-order valence-corrected chi connectivity index (χ0v) is 14.3. The van der Waals surface area contributed by atoms with Crippen molar-refractivity contribution in [3.8, 4) is 11.4 Å². The quantitative estimate of drug-likeness (QED) is 0.652. The minimum Gasteiger partial charge on any atom is -0.300 e. The molecule has 0 aliphatic carbocycles. The lowest BCUT2D eigenvalue weighted by Gasteiger charge is -2.10. The Hall–Kier alpha value is -1.46. The summed E-state index contributed by atoms with van der Waals surface area (Å²) in [6.45, 7) is 5.22. The zero-order valence-electron chi connectivity index (χ0n) is 11.9. The highest BCUT2D eigenvalue weighted by molar-refractivity contribution is 9.10. The van der Waals surface area contributed by atoms with Crippen LogP contribution < -0.4 is 0 Å². The molecule has 1 N–H and O–H groups in total. The first-order valence-electron chi connectivity index (χ1n) is 6.89. The monoisotopic (exact) mass is 361 g/mol. The Bertz CT molecular complexity index is 848. The van der Waals surface area contributed by atoms with Gasteiger partial charge in [0.2, 0.25) is 0 Å². The van der Waals surface area contributed by atoms with E-state index < -0.39 is 0 Å². The maximum atomic E-state index is 5.34. The molecule has 0 atom stereocenters. The summed E-state index contributed by atoms with van der Waals surface area (Å²) in [6.07, 6.45) is 0. The van der Waals surface area contributed by atoms with Crippen LogP contribution in [0.1, 0.15) is 13.8 Å². The fraction of sp³-hybridized carbons (Fsp3) is 0.250. The van der Waals surface area contributed by atoms with E-state index in [0.717, 1.165) is 22.4 Å². The second-order valence-corrected chi connectivity index (χ2v) is 6.87. The summed E-state index contributed by atoms with van der Waals surface area (Å²) >= 11 is 8.85. The van der Waals surface area contributed by atoms with Gasteiger partial charge >= 0.3 is 0 Å². The summed E-state index contributed by atoms with van der Waals surface area (Å²) in [7, 11) is 0. The van der Waals surface area contributed by atoms with Crippen LogP contribution in [0.4, 0.5) is 0 Å². The number of nitrogens with one attached hydrogen (secondary N) is 1. The van der Waals surface area contributed by atoms with Crippen LogP contribution in [0.2, 0.25) is 0 Å². The minimum absolute atomic E-state index is 0.518. The van der Waals surface area contributed by atoms with E-state index in [1.807, 2.05) is 0 Å². The third kappa shape index (κ3) is 2.94. The molecule has 0 radical (unpaired) electrons. The number of hydrogen-bond acceptors (Lipinski definition) is 2. The van der Waals surface area contributed by atoms with E-state index in [1.54, 1.807) is 0 Å². The van der Waals surface area contributed by atoms with Crippen LogP contribution in [0.5, 0.6) is 0 Å². The Balaban J connectivity index is 2.12. The molecule has 1 aromatic heterocycles. The van der Waals surface area contributed by atoms with Crippen LogP contribution in [0.15, 0.2) is 40.9 Å². The summed E-state index contributed by atoms with van der Waals surface area (Å²) in [6, 6.07) is 12.6. The number of aromatic amines is 1. The average Bonchev–Trinajstić information content (AvgIpc) is 2.79. The maximum Gasteiger partial charge on any atom is 0.195 e. The van der Waals surface area contributed by atoms with Crippen LogP contribution in [-0.2, 0) is 6.54 Å². The molecule has 0 fully saturated rings. The van der Waals surface area contributed by atoms with E-state index in [4.69, 9.17) is 12.2 Å². The summed E-state index contributed by atoms with van der Waals surface area (Å²) in [4.78, 5) is 0. The Labute approximate surface area is 137 Å². The molecule has 0 spiro atoms. The number of rotatable bonds is 3. The van der Waals surface area contributed by atoms with Crippen molar-refractivity contribution in [1.82, 2.24) is 14.8 Å². The van der Waals surface area contributed by atoms with Gasteiger partial charge in [-0.25, -0.2) is 0 Å². The number of fused-ring (bicyclic) bond motifs is 1. The van der Waals surface area contributed by atoms with Crippen molar-refractivity contribution >= 4 is 38.9 Å². The van der Waals surface area contributed by atoms with Crippen molar-refractivity contribution in [1.29, 1.82) is 0 Å². The number of H-pyrrole nitrogens is 1. The van der Waals surface area contributed by atoms with Gasteiger partial charge in [-0.1, -0.05) is 48.0 Å². The summed E-state index contributed by atoms with van der Waals surface area (Å²) < 4.78 is 3.83. The van der Waals surface area contributed by atoms with E-state index in [2.05, 4.69) is 80.9 Å². The molecule has 0 aliphatic rings. The smallest absolute Gasteiger partial charge is 0.195 e. The second kappa shape index (κ2) is 5.73. The fourth-order valence-electron chi connectivity index (χ4n) is 2.43. The van der Waals surface area contributed by atoms with E-state index in [0.29, 0.717) is 10.7 Å². The molecule has 1 heterocycles. The van der Waals surface area contributed by atoms with Crippen molar-refractivity contribution in [3.63, 3.8) is 0 Å². The van der Waals surface area contributed by atoms with E-state index in [1.165, 1.54) is 10.8 Å². The van der Waals surface area contributed by atoms with Crippen LogP contribution in [0, 0.1) is 10.7 Å². The zero-order chi connectivity index (χ0) is 15.0. The van der Waals surface area contributed by atoms with E-state index >= 15 is 0 Å². The average molecular weight is 362 g/mol. The van der Waals surface area contributed by atoms with Crippen LogP contribution >= 0.6 is 28.1 Å². The first-order valence-corrected chi connectivity index (χ1v) is 8.09. The molecule has 0 unspecified atom stereocenters. The van der Waals surface area contributed by atoms with Gasteiger partial charge in [0.15, 0.2) is 10.6 Å². The van der Waals surface area contributed by atoms with Crippen molar-refractivity contribution in [3.05, 3.63) is 45.6 Å². The molecule has 0 saturated carbocycles. The molecule has 0 amide bonds. The van der Waals surface area contributed by atoms with E-state index in [9.17, 15) is 0 Å². The molecule has 2 aromatic carbocycles. The number of nitrogens with zero attached hydrogens (tertiary/aromatic N) is 2. The van der Waals surface area contributed by atoms with Crippen molar-refractivity contribution in [2.24, 2.45) is 5.92 Å². The summed E-state index contributed by atoms with van der Waals surface area (Å²) in [5, 5.41) is 9.71. The first-order chi connectivity index (χ1) is 10.0. The van der Waals surface area contributed by atoms with Gasteiger partial charge in [-0.15, -0.1) is 0 Å². The van der Waals surface area contributed by atoms with Gasteiger partial charge in [0.1, 0.15) is 0 Å². The van der Waals surface area contributed by atoms with Gasteiger partial charge in [0, 0.05) is 16.6 Å². The lowest BCUT2D eigenvalue weighted by atomic mass is 10.1. The van der Waals surface area contributed by atoms with Gasteiger partial charge in [-0.2, -0.15) is 5.10 Å². The predicted octanol–water partition coefficient (Wildman–Crippen LogP) is 5.18. The molecule has 21 heavy (non-hydrogen) atoms. The number of halogens is 1. The molecule has 0 bridgehead atoms. The SMILES string of the molecule is CC(C)Cn1c(-c2ccc3cc(Br)ccc3c2)n[nH]c1=S. The lowest BCUT2D eigenvalue weighted by molar-refractivity contribution is 0.521. The Morgan fingerprint density at radius 3 is 2.67 bits per heavy atom. The van der Waals surface area contributed by atoms with Crippen molar-refractivity contribution < 1.29 is 0 Å². The molecule has 0 saturated heterocycles. The third-order valence-corrected chi connectivity index (χ3v) is 4.17. The summed E-state index contributed by atoms with van der Waals surface area (Å²) in [5.41, 5.74) is 1.08. The highest BCUT2D eigenvalue weighted by Crippen LogP contribution is 2.26. The predicted molar refractivity (Wildman–Crippen MR) is 92.9 cm³/mol. The van der Waals surface area contributed by atoms with Crippen LogP contribution in [-0.4, -0.2) is 14.8 Å². The topological polar surface area (TPSA) is 33.6 Å². The first kappa shape index (κ1) is 14.5. The Morgan fingerprint density at radius 2 is 1.90 bits per heavy atom. The second-order valence-electron chi connectivity index (χ2n) is 5.56. The van der Waals surface area contributed by atoms with Gasteiger partial charge in [-0.05, 0) is 47.1 Å². The Morgan fingerprint density at radius 1 is 1.19 bits per heavy atom. The van der Waals surface area contributed by atoms with Gasteiger partial charge in [0.05, 0.1) is 0 Å². The van der Waals surface area contributed by atoms with E-state index in [-0.39, 0.29) is 0 Å². The molecule has 5 heteroatoms. The molecular formula is C16H16BrN3S. The van der Waals surface area contributed by atoms with Crippen LogP contribution in [0.25, 0.3) is 22.2 Å². The molecular weight excluding hydrogens is 346 g/mol. The lowest BCUT2D eigenvalue weighted by Crippen LogP contribution is -2.06. The molecule has 3 rings (SSSR count). The van der Waals surface area contributed by atoms with Crippen molar-refractivity contribution in [2.45, 2.75) is 20.4 Å². The number of hydrogen-bond donors (Lipinski definition) is 1. The molecule has 3 nitrogen and oxygen atoms in total. The van der Waals surface area contributed by atoms with Crippen LogP contribution in [0.3, 0.4) is 0 Å². The fourth-order valence-corrected chi connectivity index (χ4v) is 3.01. The maximum absolute atomic E-state index is 5.34. The largest absolute Gasteiger partial charge is 0.300 e. The van der Waals surface area contributed by atoms with Crippen molar-refractivity contribution in [2.75, 3.05) is 0 Å².